The normalized spacial score (nSPS) is 12.7. The molecule has 0 aliphatic heterocycles. The van der Waals surface area contributed by atoms with Gasteiger partial charge in [-0.15, -0.1) is 0 Å². The average molecular weight is 891 g/mol. The van der Waals surface area contributed by atoms with E-state index in [1.54, 1.807) is 0 Å². The van der Waals surface area contributed by atoms with Gasteiger partial charge in [0.15, 0.2) is 6.10 Å². The number of hydrogen-bond acceptors (Lipinski definition) is 6. The first-order chi connectivity index (χ1) is 31.5. The predicted molar refractivity (Wildman–Crippen MR) is 274 cm³/mol. The van der Waals surface area contributed by atoms with Gasteiger partial charge in [0.25, 0.3) is 0 Å². The Kier molecular flexibility index (Phi) is 49.4. The molecule has 0 aromatic rings. The van der Waals surface area contributed by atoms with Crippen molar-refractivity contribution in [2.45, 2.75) is 252 Å². The van der Waals surface area contributed by atoms with Crippen LogP contribution in [0.4, 0.5) is 0 Å². The third-order valence-electron chi connectivity index (χ3n) is 11.1. The predicted octanol–water partition coefficient (Wildman–Crippen LogP) is 17.6. The van der Waals surface area contributed by atoms with Gasteiger partial charge in [0.1, 0.15) is 13.2 Å². The number of hydrogen-bond donors (Lipinski definition) is 0. The Labute approximate surface area is 395 Å². The number of esters is 3. The van der Waals surface area contributed by atoms with Gasteiger partial charge in [-0.2, -0.15) is 0 Å². The Hall–Kier alpha value is -3.41. The van der Waals surface area contributed by atoms with E-state index >= 15 is 0 Å². The summed E-state index contributed by atoms with van der Waals surface area (Å²) in [6.07, 6.45) is 67.4. The molecule has 6 nitrogen and oxygen atoms in total. The second kappa shape index (κ2) is 52.2. The van der Waals surface area contributed by atoms with Crippen LogP contribution < -0.4 is 0 Å². The molecule has 1 atom stereocenters. The van der Waals surface area contributed by atoms with E-state index in [4.69, 9.17) is 14.2 Å². The van der Waals surface area contributed by atoms with Crippen molar-refractivity contribution in [1.29, 1.82) is 0 Å². The molecule has 366 valence electrons. The van der Waals surface area contributed by atoms with Crippen LogP contribution in [0.25, 0.3) is 0 Å². The van der Waals surface area contributed by atoms with Crippen molar-refractivity contribution in [2.75, 3.05) is 13.2 Å². The summed E-state index contributed by atoms with van der Waals surface area (Å²) >= 11 is 0. The van der Waals surface area contributed by atoms with Gasteiger partial charge >= 0.3 is 17.9 Å². The number of ether oxygens (including phenoxy) is 3. The van der Waals surface area contributed by atoms with Gasteiger partial charge in [-0.1, -0.05) is 215 Å². The minimum atomic E-state index is -0.789. The fraction of sp³-hybridized carbons (Fsp3) is 0.707. The fourth-order valence-electron chi connectivity index (χ4n) is 7.15. The Balaban J connectivity index is 4.24. The topological polar surface area (TPSA) is 78.9 Å². The number of allylic oxidation sites excluding steroid dienone is 14. The summed E-state index contributed by atoms with van der Waals surface area (Å²) in [6, 6.07) is 0. The van der Waals surface area contributed by atoms with Crippen LogP contribution in [-0.4, -0.2) is 37.2 Å². The maximum absolute atomic E-state index is 12.8. The molecule has 0 N–H and O–H groups in total. The van der Waals surface area contributed by atoms with Crippen molar-refractivity contribution < 1.29 is 28.6 Å². The minimum absolute atomic E-state index is 0.0896. The summed E-state index contributed by atoms with van der Waals surface area (Å²) in [5, 5.41) is 0. The lowest BCUT2D eigenvalue weighted by molar-refractivity contribution is -0.167. The highest BCUT2D eigenvalue weighted by atomic mass is 16.6. The largest absolute Gasteiger partial charge is 0.462 e. The van der Waals surface area contributed by atoms with Crippen LogP contribution in [0.5, 0.6) is 0 Å². The molecule has 0 saturated carbocycles. The molecule has 0 aromatic carbocycles. The van der Waals surface area contributed by atoms with E-state index in [9.17, 15) is 14.4 Å². The quantitative estimate of drug-likeness (QED) is 0.0262. The highest BCUT2D eigenvalue weighted by Gasteiger charge is 2.19. The van der Waals surface area contributed by atoms with Gasteiger partial charge < -0.3 is 14.2 Å². The number of rotatable bonds is 47. The van der Waals surface area contributed by atoms with Crippen molar-refractivity contribution in [3.05, 3.63) is 85.1 Å². The second-order valence-electron chi connectivity index (χ2n) is 17.4. The van der Waals surface area contributed by atoms with Crippen molar-refractivity contribution in [3.8, 4) is 0 Å². The van der Waals surface area contributed by atoms with Crippen LogP contribution in [0.15, 0.2) is 85.1 Å². The van der Waals surface area contributed by atoms with E-state index in [1.807, 2.05) is 0 Å². The molecule has 0 spiro atoms. The molecule has 0 heterocycles. The molecule has 0 rings (SSSR count). The molecule has 0 aromatic heterocycles. The Bertz CT molecular complexity index is 1250. The second-order valence-corrected chi connectivity index (χ2v) is 17.4. The summed E-state index contributed by atoms with van der Waals surface area (Å²) in [5.74, 6) is -0.931. The zero-order valence-corrected chi connectivity index (χ0v) is 41.8. The van der Waals surface area contributed by atoms with Gasteiger partial charge in [-0.05, 0) is 96.3 Å². The van der Waals surface area contributed by atoms with E-state index < -0.39 is 6.10 Å². The molecule has 64 heavy (non-hydrogen) atoms. The Morgan fingerprint density at radius 1 is 0.328 bits per heavy atom. The first kappa shape index (κ1) is 60.6. The standard InChI is InChI=1S/C58H98O6/c1-4-7-10-13-16-18-20-22-24-26-27-28-29-30-31-33-34-36-38-40-42-45-48-51-57(60)63-54-55(53-62-56(59)50-47-44-15-12-9-6-3)64-58(61)52-49-46-43-41-39-37-35-32-25-23-21-19-17-14-11-8-5-2/h8,11,17,19-20,22-23,25-27,29-30,35,37,55H,4-7,9-10,12-16,18,21,24,28,31-34,36,38-54H2,1-3H3/b11-8-,19-17-,22-20-,25-23-,27-26-,30-29-,37-35-. The maximum atomic E-state index is 12.8. The average Bonchev–Trinajstić information content (AvgIpc) is 3.29. The lowest BCUT2D eigenvalue weighted by atomic mass is 10.1. The van der Waals surface area contributed by atoms with Crippen molar-refractivity contribution >= 4 is 17.9 Å². The molecule has 0 radical (unpaired) electrons. The smallest absolute Gasteiger partial charge is 0.306 e. The van der Waals surface area contributed by atoms with Gasteiger partial charge in [-0.3, -0.25) is 14.4 Å². The molecule has 6 heteroatoms. The first-order valence-corrected chi connectivity index (χ1v) is 26.6. The zero-order chi connectivity index (χ0) is 46.5. The minimum Gasteiger partial charge on any atom is -0.462 e. The van der Waals surface area contributed by atoms with Crippen molar-refractivity contribution in [2.24, 2.45) is 0 Å². The Morgan fingerprint density at radius 2 is 0.609 bits per heavy atom. The van der Waals surface area contributed by atoms with Gasteiger partial charge in [0.2, 0.25) is 0 Å². The maximum Gasteiger partial charge on any atom is 0.306 e. The molecule has 1 unspecified atom stereocenters. The van der Waals surface area contributed by atoms with E-state index in [2.05, 4.69) is 106 Å². The molecule has 0 fully saturated rings. The number of unbranched alkanes of at least 4 members (excludes halogenated alkanes) is 22. The Morgan fingerprint density at radius 3 is 0.953 bits per heavy atom. The lowest BCUT2D eigenvalue weighted by Crippen LogP contribution is -2.30. The molecular formula is C58H98O6. The molecule has 0 aliphatic carbocycles. The SMILES string of the molecule is CC/C=C\C/C=C\C/C=C\C/C=C\CCCCCCC(=O)OC(COC(=O)CCCCCCCC)COC(=O)CCCCCCCCCC/C=C\C/C=C\C/C=C\CCCCCCC. The van der Waals surface area contributed by atoms with Crippen LogP contribution in [0, 0.1) is 0 Å². The van der Waals surface area contributed by atoms with Gasteiger partial charge in [0, 0.05) is 19.3 Å². The third-order valence-corrected chi connectivity index (χ3v) is 11.1. The van der Waals surface area contributed by atoms with E-state index in [-0.39, 0.29) is 31.1 Å². The molecule has 0 amide bonds. The molecule has 0 bridgehead atoms. The first-order valence-electron chi connectivity index (χ1n) is 26.6. The van der Waals surface area contributed by atoms with Crippen molar-refractivity contribution in [1.82, 2.24) is 0 Å². The molecule has 0 saturated heterocycles. The third kappa shape index (κ3) is 49.6. The number of carbonyl (C=O) groups excluding carboxylic acids is 3. The monoisotopic (exact) mass is 891 g/mol. The number of carbonyl (C=O) groups is 3. The highest BCUT2D eigenvalue weighted by Crippen LogP contribution is 2.14. The summed E-state index contributed by atoms with van der Waals surface area (Å²) in [4.78, 5) is 37.8. The molecule has 0 aliphatic rings. The fourth-order valence-corrected chi connectivity index (χ4v) is 7.15. The summed E-state index contributed by atoms with van der Waals surface area (Å²) < 4.78 is 16.7. The lowest BCUT2D eigenvalue weighted by Gasteiger charge is -2.18. The van der Waals surface area contributed by atoms with Gasteiger partial charge in [-0.25, -0.2) is 0 Å². The van der Waals surface area contributed by atoms with E-state index in [0.29, 0.717) is 19.3 Å². The van der Waals surface area contributed by atoms with Crippen LogP contribution in [0.1, 0.15) is 245 Å². The molecular weight excluding hydrogens is 793 g/mol. The zero-order valence-electron chi connectivity index (χ0n) is 41.8. The summed E-state index contributed by atoms with van der Waals surface area (Å²) in [7, 11) is 0. The van der Waals surface area contributed by atoms with Crippen molar-refractivity contribution in [3.63, 3.8) is 0 Å². The van der Waals surface area contributed by atoms with E-state index in [1.165, 1.54) is 89.9 Å². The van der Waals surface area contributed by atoms with Crippen LogP contribution in [-0.2, 0) is 28.6 Å². The van der Waals surface area contributed by atoms with Crippen LogP contribution in [0.2, 0.25) is 0 Å². The highest BCUT2D eigenvalue weighted by molar-refractivity contribution is 5.71. The van der Waals surface area contributed by atoms with Gasteiger partial charge in [0.05, 0.1) is 0 Å². The summed E-state index contributed by atoms with van der Waals surface area (Å²) in [5.41, 5.74) is 0. The summed E-state index contributed by atoms with van der Waals surface area (Å²) in [6.45, 7) is 6.42. The van der Waals surface area contributed by atoms with Crippen LogP contribution >= 0.6 is 0 Å². The van der Waals surface area contributed by atoms with Crippen LogP contribution in [0.3, 0.4) is 0 Å². The van der Waals surface area contributed by atoms with E-state index in [0.717, 1.165) is 116 Å².